The van der Waals surface area contributed by atoms with E-state index in [9.17, 15) is 22.7 Å². The van der Waals surface area contributed by atoms with Crippen molar-refractivity contribution in [3.8, 4) is 5.75 Å². The number of benzene rings is 3. The van der Waals surface area contributed by atoms with E-state index in [4.69, 9.17) is 11.6 Å². The van der Waals surface area contributed by atoms with E-state index in [0.29, 0.717) is 0 Å². The van der Waals surface area contributed by atoms with Crippen molar-refractivity contribution in [1.29, 1.82) is 0 Å². The van der Waals surface area contributed by atoms with Gasteiger partial charge in [0.2, 0.25) is 0 Å². The lowest BCUT2D eigenvalue weighted by atomic mass is 10.2. The van der Waals surface area contributed by atoms with Crippen LogP contribution in [0, 0.1) is 12.7 Å². The van der Waals surface area contributed by atoms with Gasteiger partial charge < -0.3 is 10.4 Å². The Bertz CT molecular complexity index is 1180. The first kappa shape index (κ1) is 20.6. The van der Waals surface area contributed by atoms with E-state index in [1.54, 1.807) is 13.0 Å². The molecule has 9 heteroatoms. The summed E-state index contributed by atoms with van der Waals surface area (Å²) in [6, 6.07) is 13.1. The van der Waals surface area contributed by atoms with Gasteiger partial charge in [-0.05, 0) is 67.1 Å². The number of halogens is 2. The fraction of sp³-hybridized carbons (Fsp3) is 0.0500. The molecule has 0 heterocycles. The van der Waals surface area contributed by atoms with Gasteiger partial charge in [0, 0.05) is 5.69 Å². The van der Waals surface area contributed by atoms with Crippen LogP contribution in [0.15, 0.2) is 65.6 Å². The first-order valence-corrected chi connectivity index (χ1v) is 10.2. The molecule has 0 aliphatic rings. The largest absolute Gasteiger partial charge is 0.506 e. The third-order valence-corrected chi connectivity index (χ3v) is 5.70. The Morgan fingerprint density at radius 3 is 2.38 bits per heavy atom. The number of carbonyl (C=O) groups excluding carboxylic acids is 1. The highest BCUT2D eigenvalue weighted by Gasteiger charge is 2.20. The molecule has 1 amide bonds. The molecule has 0 fully saturated rings. The molecule has 150 valence electrons. The Morgan fingerprint density at radius 1 is 1.03 bits per heavy atom. The van der Waals surface area contributed by atoms with Gasteiger partial charge in [0.15, 0.2) is 0 Å². The number of hydrogen-bond acceptors (Lipinski definition) is 4. The van der Waals surface area contributed by atoms with Gasteiger partial charge in [-0.25, -0.2) is 12.8 Å². The normalized spacial score (nSPS) is 11.1. The molecule has 29 heavy (non-hydrogen) atoms. The molecular formula is C20H16ClFN2O4S. The number of nitrogens with one attached hydrogen (secondary N) is 2. The number of aryl methyl sites for hydroxylation is 1. The predicted molar refractivity (Wildman–Crippen MR) is 109 cm³/mol. The van der Waals surface area contributed by atoms with Gasteiger partial charge in [-0.3, -0.25) is 9.52 Å². The molecule has 0 atom stereocenters. The maximum absolute atomic E-state index is 13.0. The Kier molecular flexibility index (Phi) is 5.76. The Morgan fingerprint density at radius 2 is 1.72 bits per heavy atom. The fourth-order valence-corrected chi connectivity index (χ4v) is 3.80. The summed E-state index contributed by atoms with van der Waals surface area (Å²) in [6.07, 6.45) is 0. The number of phenolic OH excluding ortho intramolecular Hbond substituents is 1. The standard InChI is InChI=1S/C20H16ClFN2O4S/c1-12-2-9-18(19(25)10-12)23-20(26)16-11-15(7-8-17(16)21)29(27,28)24-14-5-3-13(22)4-6-14/h2-11,24-25H,1H3,(H,23,26). The van der Waals surface area contributed by atoms with Crippen molar-refractivity contribution < 1.29 is 22.7 Å². The van der Waals surface area contributed by atoms with Crippen LogP contribution < -0.4 is 10.0 Å². The van der Waals surface area contributed by atoms with Crippen molar-refractivity contribution in [2.24, 2.45) is 0 Å². The third-order valence-electron chi connectivity index (χ3n) is 3.99. The summed E-state index contributed by atoms with van der Waals surface area (Å²) in [4.78, 5) is 12.4. The third kappa shape index (κ3) is 4.85. The number of phenols is 1. The molecule has 6 nitrogen and oxygen atoms in total. The molecule has 0 unspecified atom stereocenters. The first-order valence-electron chi connectivity index (χ1n) is 8.34. The number of sulfonamides is 1. The molecule has 0 spiro atoms. The minimum Gasteiger partial charge on any atom is -0.506 e. The van der Waals surface area contributed by atoms with Crippen LogP contribution in [-0.4, -0.2) is 19.4 Å². The Balaban J connectivity index is 1.88. The van der Waals surface area contributed by atoms with Crippen molar-refractivity contribution in [3.05, 3.63) is 82.6 Å². The van der Waals surface area contributed by atoms with Crippen LogP contribution in [0.1, 0.15) is 15.9 Å². The number of carbonyl (C=O) groups is 1. The van der Waals surface area contributed by atoms with E-state index in [2.05, 4.69) is 10.0 Å². The number of rotatable bonds is 5. The minimum atomic E-state index is -4.05. The molecule has 3 rings (SSSR count). The smallest absolute Gasteiger partial charge is 0.261 e. The Hall–Kier alpha value is -3.10. The quantitative estimate of drug-likeness (QED) is 0.513. The first-order chi connectivity index (χ1) is 13.7. The van der Waals surface area contributed by atoms with Crippen LogP contribution >= 0.6 is 11.6 Å². The van der Waals surface area contributed by atoms with E-state index in [1.807, 2.05) is 0 Å². The van der Waals surface area contributed by atoms with Crippen molar-refractivity contribution in [3.63, 3.8) is 0 Å². The summed E-state index contributed by atoms with van der Waals surface area (Å²) in [5.41, 5.74) is 1.04. The highest BCUT2D eigenvalue weighted by Crippen LogP contribution is 2.27. The van der Waals surface area contributed by atoms with Crippen LogP contribution in [0.5, 0.6) is 5.75 Å². The molecule has 0 aliphatic heterocycles. The molecule has 0 aliphatic carbocycles. The van der Waals surface area contributed by atoms with Gasteiger partial charge in [-0.2, -0.15) is 0 Å². The molecule has 0 radical (unpaired) electrons. The molecular weight excluding hydrogens is 419 g/mol. The van der Waals surface area contributed by atoms with E-state index < -0.39 is 21.7 Å². The van der Waals surface area contributed by atoms with Gasteiger partial charge in [0.05, 0.1) is 21.2 Å². The number of anilines is 2. The van der Waals surface area contributed by atoms with E-state index in [0.717, 1.165) is 23.8 Å². The van der Waals surface area contributed by atoms with Crippen LogP contribution in [0.25, 0.3) is 0 Å². The number of hydrogen-bond donors (Lipinski definition) is 3. The second-order valence-electron chi connectivity index (χ2n) is 6.23. The van der Waals surface area contributed by atoms with Crippen molar-refractivity contribution in [1.82, 2.24) is 0 Å². The molecule has 0 saturated carbocycles. The second-order valence-corrected chi connectivity index (χ2v) is 8.32. The maximum atomic E-state index is 13.0. The van der Waals surface area contributed by atoms with Crippen LogP contribution in [-0.2, 0) is 10.0 Å². The Labute approximate surface area is 172 Å². The molecule has 0 aromatic heterocycles. The fourth-order valence-electron chi connectivity index (χ4n) is 2.51. The van der Waals surface area contributed by atoms with E-state index >= 15 is 0 Å². The van der Waals surface area contributed by atoms with Gasteiger partial charge >= 0.3 is 0 Å². The maximum Gasteiger partial charge on any atom is 0.261 e. The van der Waals surface area contributed by atoms with Crippen LogP contribution in [0.2, 0.25) is 5.02 Å². The van der Waals surface area contributed by atoms with Crippen molar-refractivity contribution >= 4 is 38.9 Å². The molecule has 0 bridgehead atoms. The second kappa shape index (κ2) is 8.10. The average Bonchev–Trinajstić information content (AvgIpc) is 2.66. The monoisotopic (exact) mass is 434 g/mol. The van der Waals surface area contributed by atoms with Crippen molar-refractivity contribution in [2.75, 3.05) is 10.0 Å². The molecule has 3 aromatic carbocycles. The summed E-state index contributed by atoms with van der Waals surface area (Å²) in [5.74, 6) is -1.32. The number of aromatic hydroxyl groups is 1. The van der Waals surface area contributed by atoms with Gasteiger partial charge in [0.1, 0.15) is 11.6 Å². The highest BCUT2D eigenvalue weighted by molar-refractivity contribution is 7.92. The van der Waals surface area contributed by atoms with Gasteiger partial charge in [-0.1, -0.05) is 17.7 Å². The zero-order chi connectivity index (χ0) is 21.2. The molecule has 0 saturated heterocycles. The summed E-state index contributed by atoms with van der Waals surface area (Å²) in [6.45, 7) is 1.78. The zero-order valence-corrected chi connectivity index (χ0v) is 16.7. The lowest BCUT2D eigenvalue weighted by molar-refractivity contribution is 0.102. The summed E-state index contributed by atoms with van der Waals surface area (Å²) in [5, 5.41) is 12.5. The highest BCUT2D eigenvalue weighted by atomic mass is 35.5. The molecule has 3 N–H and O–H groups in total. The van der Waals surface area contributed by atoms with Gasteiger partial charge in [0.25, 0.3) is 15.9 Å². The summed E-state index contributed by atoms with van der Waals surface area (Å²) in [7, 11) is -4.05. The predicted octanol–water partition coefficient (Wildman–Crippen LogP) is 4.55. The summed E-state index contributed by atoms with van der Waals surface area (Å²) < 4.78 is 40.5. The lowest BCUT2D eigenvalue weighted by Gasteiger charge is -2.12. The summed E-state index contributed by atoms with van der Waals surface area (Å²) >= 11 is 6.07. The van der Waals surface area contributed by atoms with Gasteiger partial charge in [-0.15, -0.1) is 0 Å². The lowest BCUT2D eigenvalue weighted by Crippen LogP contribution is -2.16. The molecule has 3 aromatic rings. The SMILES string of the molecule is Cc1ccc(NC(=O)c2cc(S(=O)(=O)Nc3ccc(F)cc3)ccc2Cl)c(O)c1. The average molecular weight is 435 g/mol. The zero-order valence-electron chi connectivity index (χ0n) is 15.1. The van der Waals surface area contributed by atoms with E-state index in [1.165, 1.54) is 36.4 Å². The van der Waals surface area contributed by atoms with Crippen LogP contribution in [0.3, 0.4) is 0 Å². The number of amides is 1. The minimum absolute atomic E-state index is 0.0369. The van der Waals surface area contributed by atoms with Crippen LogP contribution in [0.4, 0.5) is 15.8 Å². The van der Waals surface area contributed by atoms with E-state index in [-0.39, 0.29) is 32.6 Å². The topological polar surface area (TPSA) is 95.5 Å². The van der Waals surface area contributed by atoms with Crippen molar-refractivity contribution in [2.45, 2.75) is 11.8 Å².